The second-order valence-corrected chi connectivity index (χ2v) is 4.45. The first-order valence-corrected chi connectivity index (χ1v) is 6.87. The van der Waals surface area contributed by atoms with Crippen molar-refractivity contribution in [2.24, 2.45) is 0 Å². The summed E-state index contributed by atoms with van der Waals surface area (Å²) >= 11 is 0. The van der Waals surface area contributed by atoms with Crippen LogP contribution in [0.3, 0.4) is 0 Å². The van der Waals surface area contributed by atoms with Gasteiger partial charge in [-0.3, -0.25) is 4.79 Å². The summed E-state index contributed by atoms with van der Waals surface area (Å²) in [5.41, 5.74) is 0.331. The van der Waals surface area contributed by atoms with E-state index in [2.05, 4.69) is 5.32 Å². The molecule has 0 heterocycles. The van der Waals surface area contributed by atoms with E-state index in [4.69, 9.17) is 14.6 Å². The van der Waals surface area contributed by atoms with E-state index in [-0.39, 0.29) is 0 Å². The molecule has 1 atom stereocenters. The molecule has 0 radical (unpaired) electrons. The minimum atomic E-state index is -1.04. The summed E-state index contributed by atoms with van der Waals surface area (Å²) < 4.78 is 10.5. The predicted molar refractivity (Wildman–Crippen MR) is 78.0 cm³/mol. The molecule has 0 fully saturated rings. The Morgan fingerprint density at radius 2 is 2.00 bits per heavy atom. The van der Waals surface area contributed by atoms with Gasteiger partial charge in [0.2, 0.25) is 0 Å². The van der Waals surface area contributed by atoms with E-state index in [1.165, 1.54) is 13.2 Å². The van der Waals surface area contributed by atoms with Gasteiger partial charge in [-0.2, -0.15) is 0 Å². The van der Waals surface area contributed by atoms with Crippen molar-refractivity contribution in [2.45, 2.75) is 32.7 Å². The van der Waals surface area contributed by atoms with Crippen molar-refractivity contribution in [1.82, 2.24) is 5.32 Å². The molecule has 0 aromatic heterocycles. The number of ether oxygens (including phenoxy) is 2. The highest BCUT2D eigenvalue weighted by atomic mass is 16.5. The van der Waals surface area contributed by atoms with Gasteiger partial charge in [0.05, 0.1) is 13.7 Å². The number of benzene rings is 1. The third-order valence-electron chi connectivity index (χ3n) is 2.91. The number of nitrogens with one attached hydrogen (secondary N) is 1. The number of carbonyl (C=O) groups excluding carboxylic acids is 1. The van der Waals surface area contributed by atoms with Crippen LogP contribution in [0.25, 0.3) is 0 Å². The first kappa shape index (κ1) is 16.8. The van der Waals surface area contributed by atoms with Crippen LogP contribution in [0.2, 0.25) is 0 Å². The Morgan fingerprint density at radius 3 is 2.52 bits per heavy atom. The number of rotatable bonds is 8. The van der Waals surface area contributed by atoms with Crippen LogP contribution in [0, 0.1) is 0 Å². The number of aliphatic carboxylic acids is 1. The fraction of sp³-hybridized carbons (Fsp3) is 0.467. The summed E-state index contributed by atoms with van der Waals surface area (Å²) in [6.07, 6.45) is 1.05. The smallest absolute Gasteiger partial charge is 0.326 e. The predicted octanol–water partition coefficient (Wildman–Crippen LogP) is 2.08. The SMILES string of the molecule is CCC[C@@H](NC(=O)c1ccc(OCC)c(OC)c1)C(=O)O. The normalized spacial score (nSPS) is 11.6. The van der Waals surface area contributed by atoms with Gasteiger partial charge in [-0.05, 0) is 31.5 Å². The topological polar surface area (TPSA) is 84.9 Å². The number of carboxylic acids is 1. The van der Waals surface area contributed by atoms with Crippen LogP contribution >= 0.6 is 0 Å². The van der Waals surface area contributed by atoms with E-state index >= 15 is 0 Å². The maximum Gasteiger partial charge on any atom is 0.326 e. The van der Waals surface area contributed by atoms with E-state index < -0.39 is 17.9 Å². The quantitative estimate of drug-likeness (QED) is 0.767. The van der Waals surface area contributed by atoms with E-state index in [0.717, 1.165) is 0 Å². The number of methoxy groups -OCH3 is 1. The van der Waals surface area contributed by atoms with Gasteiger partial charge in [-0.15, -0.1) is 0 Å². The van der Waals surface area contributed by atoms with E-state index in [1.807, 2.05) is 13.8 Å². The number of hydrogen-bond acceptors (Lipinski definition) is 4. The molecular weight excluding hydrogens is 274 g/mol. The first-order chi connectivity index (χ1) is 10.0. The molecule has 0 aliphatic carbocycles. The molecule has 0 saturated heterocycles. The molecule has 0 aliphatic rings. The van der Waals surface area contributed by atoms with Gasteiger partial charge >= 0.3 is 5.97 Å². The standard InChI is InChI=1S/C15H21NO5/c1-4-6-11(15(18)19)16-14(17)10-7-8-12(21-5-2)13(9-10)20-3/h7-9,11H,4-6H2,1-3H3,(H,16,17)(H,18,19)/t11-/m1/s1. The summed E-state index contributed by atoms with van der Waals surface area (Å²) in [5.74, 6) is -0.507. The lowest BCUT2D eigenvalue weighted by atomic mass is 10.1. The molecule has 1 rings (SSSR count). The summed E-state index contributed by atoms with van der Waals surface area (Å²) in [5, 5.41) is 11.6. The molecule has 2 N–H and O–H groups in total. The highest BCUT2D eigenvalue weighted by Crippen LogP contribution is 2.28. The van der Waals surface area contributed by atoms with Crippen molar-refractivity contribution in [2.75, 3.05) is 13.7 Å². The first-order valence-electron chi connectivity index (χ1n) is 6.87. The van der Waals surface area contributed by atoms with Crippen LogP contribution in [0.15, 0.2) is 18.2 Å². The van der Waals surface area contributed by atoms with Gasteiger partial charge in [0.25, 0.3) is 5.91 Å². The number of carbonyl (C=O) groups is 2. The van der Waals surface area contributed by atoms with Crippen LogP contribution in [0.1, 0.15) is 37.0 Å². The van der Waals surface area contributed by atoms with Gasteiger partial charge in [-0.25, -0.2) is 4.79 Å². The molecule has 1 aromatic carbocycles. The van der Waals surface area contributed by atoms with Gasteiger partial charge in [0.15, 0.2) is 11.5 Å². The summed E-state index contributed by atoms with van der Waals surface area (Å²) in [6, 6.07) is 3.85. The second-order valence-electron chi connectivity index (χ2n) is 4.45. The van der Waals surface area contributed by atoms with E-state index in [0.29, 0.717) is 36.5 Å². The third-order valence-corrected chi connectivity index (χ3v) is 2.91. The molecule has 116 valence electrons. The minimum absolute atomic E-state index is 0.331. The summed E-state index contributed by atoms with van der Waals surface area (Å²) in [6.45, 7) is 4.20. The van der Waals surface area contributed by atoms with Gasteiger partial charge in [0, 0.05) is 5.56 Å². The number of amides is 1. The van der Waals surface area contributed by atoms with Crippen molar-refractivity contribution in [3.63, 3.8) is 0 Å². The Kier molecular flexibility index (Phi) is 6.52. The maximum absolute atomic E-state index is 12.1. The second kappa shape index (κ2) is 8.14. The molecule has 0 aliphatic heterocycles. The van der Waals surface area contributed by atoms with Crippen molar-refractivity contribution in [3.05, 3.63) is 23.8 Å². The lowest BCUT2D eigenvalue weighted by Gasteiger charge is -2.15. The van der Waals surface area contributed by atoms with Crippen LogP contribution < -0.4 is 14.8 Å². The zero-order chi connectivity index (χ0) is 15.8. The van der Waals surface area contributed by atoms with Crippen molar-refractivity contribution < 1.29 is 24.2 Å². The van der Waals surface area contributed by atoms with E-state index in [9.17, 15) is 9.59 Å². The fourth-order valence-corrected chi connectivity index (χ4v) is 1.87. The Balaban J connectivity index is 2.89. The van der Waals surface area contributed by atoms with E-state index in [1.54, 1.807) is 12.1 Å². The lowest BCUT2D eigenvalue weighted by molar-refractivity contribution is -0.139. The molecule has 1 amide bonds. The van der Waals surface area contributed by atoms with Gasteiger partial charge < -0.3 is 19.9 Å². The van der Waals surface area contributed by atoms with Crippen LogP contribution in [0.5, 0.6) is 11.5 Å². The van der Waals surface area contributed by atoms with Crippen LogP contribution in [0.4, 0.5) is 0 Å². The monoisotopic (exact) mass is 295 g/mol. The van der Waals surface area contributed by atoms with Crippen molar-refractivity contribution >= 4 is 11.9 Å². The van der Waals surface area contributed by atoms with Crippen molar-refractivity contribution in [3.8, 4) is 11.5 Å². The van der Waals surface area contributed by atoms with Crippen LogP contribution in [-0.4, -0.2) is 36.7 Å². The molecule has 0 saturated carbocycles. The molecule has 0 spiro atoms. The fourth-order valence-electron chi connectivity index (χ4n) is 1.87. The van der Waals surface area contributed by atoms with Crippen LogP contribution in [-0.2, 0) is 4.79 Å². The Morgan fingerprint density at radius 1 is 1.29 bits per heavy atom. The summed E-state index contributed by atoms with van der Waals surface area (Å²) in [7, 11) is 1.48. The van der Waals surface area contributed by atoms with Gasteiger partial charge in [-0.1, -0.05) is 13.3 Å². The molecule has 0 bridgehead atoms. The Hall–Kier alpha value is -2.24. The number of hydrogen-bond donors (Lipinski definition) is 2. The lowest BCUT2D eigenvalue weighted by Crippen LogP contribution is -2.40. The molecule has 21 heavy (non-hydrogen) atoms. The third kappa shape index (κ3) is 4.66. The Bertz CT molecular complexity index is 501. The minimum Gasteiger partial charge on any atom is -0.493 e. The molecular formula is C15H21NO5. The average Bonchev–Trinajstić information content (AvgIpc) is 2.47. The maximum atomic E-state index is 12.1. The summed E-state index contributed by atoms with van der Waals surface area (Å²) in [4.78, 5) is 23.2. The molecule has 6 heteroatoms. The molecule has 0 unspecified atom stereocenters. The van der Waals surface area contributed by atoms with Crippen molar-refractivity contribution in [1.29, 1.82) is 0 Å². The molecule has 6 nitrogen and oxygen atoms in total. The molecule has 1 aromatic rings. The zero-order valence-corrected chi connectivity index (χ0v) is 12.5. The highest BCUT2D eigenvalue weighted by molar-refractivity contribution is 5.97. The largest absolute Gasteiger partial charge is 0.493 e. The average molecular weight is 295 g/mol. The highest BCUT2D eigenvalue weighted by Gasteiger charge is 2.20. The number of carboxylic acid groups (broad SMARTS) is 1. The Labute approximate surface area is 124 Å². The van der Waals surface area contributed by atoms with Gasteiger partial charge in [0.1, 0.15) is 6.04 Å². The zero-order valence-electron chi connectivity index (χ0n) is 12.5.